The molecule has 2 nitrogen and oxygen atoms in total. The quantitative estimate of drug-likeness (QED) is 0.321. The van der Waals surface area contributed by atoms with Crippen molar-refractivity contribution < 1.29 is 23.1 Å². The van der Waals surface area contributed by atoms with Crippen molar-refractivity contribution in [3.8, 4) is 0 Å². The molecule has 0 aliphatic heterocycles. The van der Waals surface area contributed by atoms with E-state index in [0.717, 1.165) is 6.92 Å². The number of hydrogen-bond donors (Lipinski definition) is 0. The fraction of sp³-hybridized carbons (Fsp3) is 0.400. The zero-order chi connectivity index (χ0) is 8.36. The summed E-state index contributed by atoms with van der Waals surface area (Å²) in [4.78, 5) is 9.92. The van der Waals surface area contributed by atoms with Crippen molar-refractivity contribution in [3.63, 3.8) is 0 Å². The topological polar surface area (TPSA) is 40.1 Å². The average molecular weight is 177 g/mol. The van der Waals surface area contributed by atoms with Gasteiger partial charge in [-0.3, -0.25) is 4.79 Å². The number of carbonyl (C=O) groups excluding carboxylic acids is 1. The number of ketones is 1. The zero-order valence-electron chi connectivity index (χ0n) is 5.73. The number of carbonyl (C=O) groups is 1. The second kappa shape index (κ2) is 4.60. The molecule has 58 valence electrons. The molecule has 0 N–H and O–H groups in total. The van der Waals surface area contributed by atoms with Crippen LogP contribution in [0.25, 0.3) is 0 Å². The van der Waals surface area contributed by atoms with E-state index < -0.39 is 17.7 Å². The molecule has 6 heteroatoms. The summed E-state index contributed by atoms with van der Waals surface area (Å²) < 4.78 is 33.8. The summed E-state index contributed by atoms with van der Waals surface area (Å²) in [7, 11) is 0. The van der Waals surface area contributed by atoms with Gasteiger partial charge in [-0.15, -0.1) is 0 Å². The van der Waals surface area contributed by atoms with E-state index in [4.69, 9.17) is 0 Å². The van der Waals surface area contributed by atoms with E-state index in [1.807, 2.05) is 0 Å². The average Bonchev–Trinajstić information content (AvgIpc) is 1.60. The Morgan fingerprint density at radius 3 is 1.91 bits per heavy atom. The van der Waals surface area contributed by atoms with E-state index in [0.29, 0.717) is 0 Å². The van der Waals surface area contributed by atoms with E-state index in [9.17, 15) is 23.1 Å². The monoisotopic (exact) mass is 177 g/mol. The largest absolute Gasteiger partial charge is 2.00 e. The Morgan fingerprint density at radius 2 is 1.82 bits per heavy atom. The molecular weight excluding hydrogens is 173 g/mol. The molecule has 0 unspecified atom stereocenters. The van der Waals surface area contributed by atoms with Gasteiger partial charge in [-0.25, -0.2) is 0 Å². The summed E-state index contributed by atoms with van der Waals surface area (Å²) in [5.74, 6) is -3.01. The molecule has 0 radical (unpaired) electrons. The summed E-state index contributed by atoms with van der Waals surface area (Å²) in [6.07, 6.45) is -4.91. The van der Waals surface area contributed by atoms with Crippen molar-refractivity contribution in [2.24, 2.45) is 0 Å². The van der Waals surface area contributed by atoms with Gasteiger partial charge >= 0.3 is 29.2 Å². The molecule has 0 atom stereocenters. The fourth-order valence-corrected chi connectivity index (χ4v) is 0.266. The van der Waals surface area contributed by atoms with Crippen molar-refractivity contribution in [1.82, 2.24) is 0 Å². The van der Waals surface area contributed by atoms with Crippen molar-refractivity contribution in [3.05, 3.63) is 11.8 Å². The molecular formula is C5H4F3MgO2+. The molecule has 0 bridgehead atoms. The van der Waals surface area contributed by atoms with Crippen molar-refractivity contribution >= 4 is 28.8 Å². The van der Waals surface area contributed by atoms with Gasteiger partial charge in [-0.1, -0.05) is 0 Å². The Hall–Kier alpha value is -0.234. The van der Waals surface area contributed by atoms with Gasteiger partial charge in [0.15, 0.2) is 5.78 Å². The first-order valence-corrected chi connectivity index (χ1v) is 2.30. The minimum absolute atomic E-state index is 0. The molecule has 0 saturated heterocycles. The second-order valence-electron chi connectivity index (χ2n) is 1.62. The molecule has 0 aliphatic rings. The first-order chi connectivity index (χ1) is 4.34. The SMILES string of the molecule is CC(=O)/C=C(\[O-])C(F)(F)F.[Mg+2]. The number of halogens is 3. The normalized spacial score (nSPS) is 12.2. The van der Waals surface area contributed by atoms with Crippen LogP contribution in [-0.2, 0) is 4.79 Å². The Balaban J connectivity index is 0. The number of alkyl halides is 3. The van der Waals surface area contributed by atoms with Crippen molar-refractivity contribution in [2.75, 3.05) is 0 Å². The second-order valence-corrected chi connectivity index (χ2v) is 1.62. The number of allylic oxidation sites excluding steroid dienone is 2. The van der Waals surface area contributed by atoms with Crippen LogP contribution >= 0.6 is 0 Å². The summed E-state index contributed by atoms with van der Waals surface area (Å²) in [6.45, 7) is 0.879. The molecule has 0 aromatic carbocycles. The molecule has 0 saturated carbocycles. The Labute approximate surface area is 77.2 Å². The van der Waals surface area contributed by atoms with Crippen LogP contribution in [0.15, 0.2) is 11.8 Å². The van der Waals surface area contributed by atoms with E-state index in [-0.39, 0.29) is 29.1 Å². The first-order valence-electron chi connectivity index (χ1n) is 2.30. The minimum Gasteiger partial charge on any atom is -0.869 e. The molecule has 0 aliphatic carbocycles. The van der Waals surface area contributed by atoms with Crippen LogP contribution in [0.3, 0.4) is 0 Å². The predicted octanol–water partition coefficient (Wildman–Crippen LogP) is 0.00110. The fourth-order valence-electron chi connectivity index (χ4n) is 0.266. The van der Waals surface area contributed by atoms with Crippen LogP contribution in [0.5, 0.6) is 0 Å². The third-order valence-electron chi connectivity index (χ3n) is 0.614. The Bertz CT molecular complexity index is 173. The standard InChI is InChI=1S/C5H5F3O2.Mg/c1-3(9)2-4(10)5(6,7)8;/h2,10H,1H3;/q;+2/p-1/b4-2-;. The number of rotatable bonds is 1. The van der Waals surface area contributed by atoms with E-state index in [2.05, 4.69) is 0 Å². The maximum atomic E-state index is 11.3. The van der Waals surface area contributed by atoms with Gasteiger partial charge < -0.3 is 5.11 Å². The molecule has 0 heterocycles. The molecule has 0 aromatic rings. The first kappa shape index (κ1) is 13.4. The molecule has 0 rings (SSSR count). The van der Waals surface area contributed by atoms with Crippen LogP contribution in [0.2, 0.25) is 0 Å². The predicted molar refractivity (Wildman–Crippen MR) is 30.6 cm³/mol. The minimum atomic E-state index is -4.92. The van der Waals surface area contributed by atoms with Gasteiger partial charge in [0.25, 0.3) is 0 Å². The molecule has 0 amide bonds. The van der Waals surface area contributed by atoms with Gasteiger partial charge in [0.2, 0.25) is 0 Å². The van der Waals surface area contributed by atoms with E-state index in [1.165, 1.54) is 0 Å². The Kier molecular flexibility index (Phi) is 5.59. The van der Waals surface area contributed by atoms with Gasteiger partial charge in [-0.05, 0) is 18.8 Å². The molecule has 11 heavy (non-hydrogen) atoms. The van der Waals surface area contributed by atoms with Crippen LogP contribution in [-0.4, -0.2) is 35.0 Å². The molecule has 0 fully saturated rings. The molecule has 0 spiro atoms. The van der Waals surface area contributed by atoms with Crippen LogP contribution in [0.4, 0.5) is 13.2 Å². The van der Waals surface area contributed by atoms with Gasteiger partial charge in [0.05, 0.1) is 0 Å². The van der Waals surface area contributed by atoms with Crippen molar-refractivity contribution in [2.45, 2.75) is 13.1 Å². The van der Waals surface area contributed by atoms with Crippen molar-refractivity contribution in [1.29, 1.82) is 0 Å². The Morgan fingerprint density at radius 1 is 1.45 bits per heavy atom. The number of hydrogen-bond acceptors (Lipinski definition) is 2. The van der Waals surface area contributed by atoms with Gasteiger partial charge in [-0.2, -0.15) is 13.2 Å². The summed E-state index contributed by atoms with van der Waals surface area (Å²) >= 11 is 0. The summed E-state index contributed by atoms with van der Waals surface area (Å²) in [5.41, 5.74) is 0. The maximum Gasteiger partial charge on any atom is 2.00 e. The third kappa shape index (κ3) is 6.18. The van der Waals surface area contributed by atoms with Crippen LogP contribution in [0, 0.1) is 0 Å². The summed E-state index contributed by atoms with van der Waals surface area (Å²) in [5, 5.41) is 9.87. The van der Waals surface area contributed by atoms with Gasteiger partial charge in [0, 0.05) is 0 Å². The zero-order valence-corrected chi connectivity index (χ0v) is 7.15. The van der Waals surface area contributed by atoms with Gasteiger partial charge in [0.1, 0.15) is 0 Å². The van der Waals surface area contributed by atoms with E-state index in [1.54, 1.807) is 0 Å². The summed E-state index contributed by atoms with van der Waals surface area (Å²) in [6, 6.07) is 0. The molecule has 0 aromatic heterocycles. The maximum absolute atomic E-state index is 11.3. The third-order valence-corrected chi connectivity index (χ3v) is 0.614. The van der Waals surface area contributed by atoms with E-state index >= 15 is 0 Å². The van der Waals surface area contributed by atoms with Crippen LogP contribution < -0.4 is 5.11 Å². The smallest absolute Gasteiger partial charge is 0.869 e. The van der Waals surface area contributed by atoms with Crippen LogP contribution in [0.1, 0.15) is 6.92 Å².